The molecule has 0 radical (unpaired) electrons. The minimum atomic E-state index is -2.73. The number of rotatable bonds is 6. The van der Waals surface area contributed by atoms with Gasteiger partial charge in [0.25, 0.3) is 12.9 Å². The van der Waals surface area contributed by atoms with E-state index in [1.165, 1.54) is 44.6 Å². The highest BCUT2D eigenvalue weighted by Crippen LogP contribution is 2.16. The molecule has 0 unspecified atom stereocenters. The summed E-state index contributed by atoms with van der Waals surface area (Å²) in [7, 11) is 2.43. The van der Waals surface area contributed by atoms with Gasteiger partial charge in [0.2, 0.25) is 0 Å². The number of alkyl halides is 4. The molecular formula is C23H19F4N3O7. The van der Waals surface area contributed by atoms with Crippen LogP contribution >= 0.6 is 0 Å². The Morgan fingerprint density at radius 3 is 1.54 bits per heavy atom. The maximum atomic E-state index is 12.1. The predicted octanol–water partition coefficient (Wildman–Crippen LogP) is 4.20. The highest BCUT2D eigenvalue weighted by atomic mass is 19.3. The average Bonchev–Trinajstić information content (AvgIpc) is 2.92. The zero-order chi connectivity index (χ0) is 28.0. The van der Waals surface area contributed by atoms with Gasteiger partial charge < -0.3 is 14.6 Å². The fourth-order valence-corrected chi connectivity index (χ4v) is 2.22. The molecule has 0 saturated heterocycles. The van der Waals surface area contributed by atoms with Crippen molar-refractivity contribution in [2.75, 3.05) is 14.2 Å². The van der Waals surface area contributed by atoms with Crippen molar-refractivity contribution < 1.29 is 51.3 Å². The molecule has 0 bridgehead atoms. The topological polar surface area (TPSA) is 146 Å². The van der Waals surface area contributed by atoms with Gasteiger partial charge in [-0.1, -0.05) is 18.2 Å². The maximum Gasteiger partial charge on any atom is 0.356 e. The second kappa shape index (κ2) is 15.3. The second-order valence-corrected chi connectivity index (χ2v) is 6.35. The standard InChI is InChI=1S/C8H7F2NO2.C8H7NO3.C7H5F2NO2/c1-13-8(12)6-4-2-3-5(11-6)7(9)10;1-12-8(11)7-4-2-3-6(5-10)9-7;8-6(9)4-2-1-3-5(10-4)7(11)12/h2-4,7H,1H3;2-5H,1H3;1-3,6H,(H,11,12). The van der Waals surface area contributed by atoms with Gasteiger partial charge in [-0.25, -0.2) is 46.9 Å². The molecule has 14 heteroatoms. The largest absolute Gasteiger partial charge is 0.477 e. The Bertz CT molecular complexity index is 1230. The minimum absolute atomic E-state index is 0.111. The summed E-state index contributed by atoms with van der Waals surface area (Å²) in [5.41, 5.74) is -1.06. The van der Waals surface area contributed by atoms with Crippen LogP contribution in [0.5, 0.6) is 0 Å². The number of halogens is 4. The van der Waals surface area contributed by atoms with Crippen LogP contribution in [0.25, 0.3) is 0 Å². The Morgan fingerprint density at radius 1 is 0.730 bits per heavy atom. The molecule has 3 rings (SSSR count). The summed E-state index contributed by atoms with van der Waals surface area (Å²) in [5.74, 6) is -2.57. The number of esters is 2. The number of hydrogen-bond donors (Lipinski definition) is 1. The van der Waals surface area contributed by atoms with Crippen molar-refractivity contribution in [1.82, 2.24) is 15.0 Å². The van der Waals surface area contributed by atoms with Gasteiger partial charge in [0.1, 0.15) is 34.2 Å². The number of methoxy groups -OCH3 is 2. The van der Waals surface area contributed by atoms with Gasteiger partial charge in [-0.3, -0.25) is 4.79 Å². The lowest BCUT2D eigenvalue weighted by atomic mass is 10.3. The number of ether oxygens (including phenoxy) is 2. The van der Waals surface area contributed by atoms with E-state index in [1.807, 2.05) is 0 Å². The predicted molar refractivity (Wildman–Crippen MR) is 118 cm³/mol. The molecule has 0 amide bonds. The molecule has 0 fully saturated rings. The molecule has 3 aromatic heterocycles. The first-order valence-corrected chi connectivity index (χ1v) is 9.86. The Balaban J connectivity index is 0.000000278. The van der Waals surface area contributed by atoms with E-state index in [2.05, 4.69) is 24.4 Å². The molecule has 0 aromatic carbocycles. The lowest BCUT2D eigenvalue weighted by molar-refractivity contribution is 0.0584. The SMILES string of the molecule is COC(=O)c1cccc(C(F)F)n1.COC(=O)c1cccc(C=O)n1.O=C(O)c1cccc(C(F)F)n1. The molecule has 10 nitrogen and oxygen atoms in total. The number of hydrogen-bond acceptors (Lipinski definition) is 9. The summed E-state index contributed by atoms with van der Waals surface area (Å²) < 4.78 is 56.9. The van der Waals surface area contributed by atoms with Crippen molar-refractivity contribution in [1.29, 1.82) is 0 Å². The number of aromatic nitrogens is 3. The van der Waals surface area contributed by atoms with Gasteiger partial charge in [0, 0.05) is 0 Å². The van der Waals surface area contributed by atoms with Gasteiger partial charge in [0.15, 0.2) is 6.29 Å². The molecule has 37 heavy (non-hydrogen) atoms. The normalized spacial score (nSPS) is 9.84. The van der Waals surface area contributed by atoms with Crippen molar-refractivity contribution in [3.8, 4) is 0 Å². The second-order valence-electron chi connectivity index (χ2n) is 6.35. The van der Waals surface area contributed by atoms with E-state index in [0.717, 1.165) is 18.2 Å². The van der Waals surface area contributed by atoms with Crippen LogP contribution in [-0.2, 0) is 9.47 Å². The Labute approximate surface area is 206 Å². The number of aromatic carboxylic acids is 1. The Morgan fingerprint density at radius 2 is 1.14 bits per heavy atom. The molecule has 3 heterocycles. The van der Waals surface area contributed by atoms with E-state index < -0.39 is 42.1 Å². The van der Waals surface area contributed by atoms with Crippen LogP contribution in [0.15, 0.2) is 54.6 Å². The van der Waals surface area contributed by atoms with Crippen LogP contribution in [0.1, 0.15) is 66.2 Å². The lowest BCUT2D eigenvalue weighted by Crippen LogP contribution is -2.05. The number of carbonyl (C=O) groups is 4. The van der Waals surface area contributed by atoms with Crippen LogP contribution in [0, 0.1) is 0 Å². The first-order valence-electron chi connectivity index (χ1n) is 9.86. The molecule has 3 aromatic rings. The van der Waals surface area contributed by atoms with Crippen molar-refractivity contribution in [2.24, 2.45) is 0 Å². The molecule has 0 aliphatic carbocycles. The van der Waals surface area contributed by atoms with Crippen LogP contribution < -0.4 is 0 Å². The Hall–Kier alpha value is -4.75. The van der Waals surface area contributed by atoms with Crippen LogP contribution in [-0.4, -0.2) is 58.5 Å². The third-order valence-corrected chi connectivity index (χ3v) is 3.89. The summed E-state index contributed by atoms with van der Waals surface area (Å²) in [6, 6.07) is 11.8. The van der Waals surface area contributed by atoms with E-state index in [4.69, 9.17) is 5.11 Å². The minimum Gasteiger partial charge on any atom is -0.477 e. The molecule has 0 aliphatic rings. The first-order chi connectivity index (χ1) is 17.5. The molecular weight excluding hydrogens is 506 g/mol. The zero-order valence-corrected chi connectivity index (χ0v) is 19.2. The fourth-order valence-electron chi connectivity index (χ4n) is 2.22. The summed E-state index contributed by atoms with van der Waals surface area (Å²) in [6.07, 6.45) is -4.83. The van der Waals surface area contributed by atoms with Gasteiger partial charge in [-0.05, 0) is 36.4 Å². The van der Waals surface area contributed by atoms with Crippen molar-refractivity contribution >= 4 is 24.2 Å². The molecule has 0 aliphatic heterocycles. The number of aldehydes is 1. The molecule has 0 saturated carbocycles. The summed E-state index contributed by atoms with van der Waals surface area (Å²) >= 11 is 0. The third kappa shape index (κ3) is 10.2. The van der Waals surface area contributed by atoms with Gasteiger partial charge >= 0.3 is 17.9 Å². The summed E-state index contributed by atoms with van der Waals surface area (Å²) in [5, 5.41) is 8.38. The van der Waals surface area contributed by atoms with Crippen LogP contribution in [0.3, 0.4) is 0 Å². The highest BCUT2D eigenvalue weighted by molar-refractivity contribution is 5.88. The number of pyridine rings is 3. The summed E-state index contributed by atoms with van der Waals surface area (Å²) in [6.45, 7) is 0. The first kappa shape index (κ1) is 30.3. The molecule has 1 N–H and O–H groups in total. The van der Waals surface area contributed by atoms with Gasteiger partial charge in [-0.2, -0.15) is 0 Å². The van der Waals surface area contributed by atoms with E-state index >= 15 is 0 Å². The third-order valence-electron chi connectivity index (χ3n) is 3.89. The van der Waals surface area contributed by atoms with E-state index in [-0.39, 0.29) is 22.8 Å². The molecule has 0 atom stereocenters. The smallest absolute Gasteiger partial charge is 0.356 e. The van der Waals surface area contributed by atoms with Crippen molar-refractivity contribution in [3.05, 3.63) is 88.8 Å². The zero-order valence-electron chi connectivity index (χ0n) is 19.2. The number of carbonyl (C=O) groups excluding carboxylic acids is 3. The highest BCUT2D eigenvalue weighted by Gasteiger charge is 2.13. The van der Waals surface area contributed by atoms with E-state index in [1.54, 1.807) is 6.07 Å². The van der Waals surface area contributed by atoms with Crippen LogP contribution in [0.2, 0.25) is 0 Å². The average molecular weight is 525 g/mol. The van der Waals surface area contributed by atoms with Gasteiger partial charge in [-0.15, -0.1) is 0 Å². The number of nitrogens with zero attached hydrogens (tertiary/aromatic N) is 3. The van der Waals surface area contributed by atoms with Crippen molar-refractivity contribution in [2.45, 2.75) is 12.9 Å². The molecule has 196 valence electrons. The molecule has 0 spiro atoms. The number of carboxylic acids is 1. The van der Waals surface area contributed by atoms with Crippen molar-refractivity contribution in [3.63, 3.8) is 0 Å². The monoisotopic (exact) mass is 525 g/mol. The van der Waals surface area contributed by atoms with E-state index in [9.17, 15) is 36.7 Å². The maximum absolute atomic E-state index is 12.1. The Kier molecular flexibility index (Phi) is 12.5. The summed E-state index contributed by atoms with van der Waals surface area (Å²) in [4.78, 5) is 52.6. The quantitative estimate of drug-likeness (QED) is 0.282. The number of carboxylic acid groups (broad SMARTS) is 1. The lowest BCUT2D eigenvalue weighted by Gasteiger charge is -2.01. The van der Waals surface area contributed by atoms with Gasteiger partial charge in [0.05, 0.1) is 14.2 Å². The van der Waals surface area contributed by atoms with E-state index in [0.29, 0.717) is 6.29 Å². The van der Waals surface area contributed by atoms with Crippen LogP contribution in [0.4, 0.5) is 17.6 Å². The fraction of sp³-hybridized carbons (Fsp3) is 0.174.